The molecule has 0 saturated carbocycles. The third-order valence-electron chi connectivity index (χ3n) is 5.44. The van der Waals surface area contributed by atoms with Gasteiger partial charge in [-0.05, 0) is 31.2 Å². The van der Waals surface area contributed by atoms with Gasteiger partial charge in [0.1, 0.15) is 22.8 Å². The van der Waals surface area contributed by atoms with Crippen molar-refractivity contribution in [2.45, 2.75) is 13.5 Å². The molecule has 10 heteroatoms. The summed E-state index contributed by atoms with van der Waals surface area (Å²) in [7, 11) is 4.55. The van der Waals surface area contributed by atoms with Crippen LogP contribution >= 0.6 is 11.6 Å². The summed E-state index contributed by atoms with van der Waals surface area (Å²) in [5, 5.41) is 13.6. The Morgan fingerprint density at radius 3 is 2.44 bits per heavy atom. The second-order valence-electron chi connectivity index (χ2n) is 7.72. The number of benzene rings is 2. The van der Waals surface area contributed by atoms with Crippen LogP contribution in [0.2, 0.25) is 5.02 Å². The number of aliphatic hydroxyl groups is 1. The molecule has 0 unspecified atom stereocenters. The first-order chi connectivity index (χ1) is 17.4. The highest BCUT2D eigenvalue weighted by molar-refractivity contribution is 6.31. The lowest BCUT2D eigenvalue weighted by Gasteiger charge is -2.12. The van der Waals surface area contributed by atoms with Crippen molar-refractivity contribution in [3.8, 4) is 17.2 Å². The maximum absolute atomic E-state index is 13.5. The third kappa shape index (κ3) is 5.12. The Bertz CT molecular complexity index is 1490. The molecule has 4 rings (SSSR count). The van der Waals surface area contributed by atoms with Crippen molar-refractivity contribution in [2.75, 3.05) is 26.6 Å². The van der Waals surface area contributed by atoms with Gasteiger partial charge >= 0.3 is 0 Å². The first kappa shape index (κ1) is 25.0. The minimum Gasteiger partial charge on any atom is -0.497 e. The van der Waals surface area contributed by atoms with Crippen molar-refractivity contribution in [3.05, 3.63) is 76.1 Å². The van der Waals surface area contributed by atoms with Gasteiger partial charge in [0.05, 0.1) is 45.0 Å². The van der Waals surface area contributed by atoms with Crippen LogP contribution in [0, 0.1) is 6.92 Å². The Balaban J connectivity index is 1.95. The van der Waals surface area contributed by atoms with Gasteiger partial charge in [0.2, 0.25) is 5.55 Å². The molecule has 0 spiro atoms. The minimum absolute atomic E-state index is 0.0243. The standard InChI is InChI=1S/C26H24ClN3O6/c1-14-24-20(15(13-31)12-28-14)11-21(25(32)30-22-7-16(27)5-6-23(22)35-4)26(36-24)29-17-8-18(33-2)10-19(9-17)34-3/h5-12,31H,13H2,1-4H3,(H,30,32). The van der Waals surface area contributed by atoms with Crippen LogP contribution in [0.5, 0.6) is 17.2 Å². The highest BCUT2D eigenvalue weighted by Gasteiger charge is 2.18. The molecule has 0 aliphatic carbocycles. The van der Waals surface area contributed by atoms with E-state index in [2.05, 4.69) is 15.3 Å². The lowest BCUT2D eigenvalue weighted by Crippen LogP contribution is -2.22. The largest absolute Gasteiger partial charge is 0.497 e. The van der Waals surface area contributed by atoms with Crippen LogP contribution in [0.3, 0.4) is 0 Å². The smallest absolute Gasteiger partial charge is 0.261 e. The maximum Gasteiger partial charge on any atom is 0.261 e. The molecule has 0 radical (unpaired) electrons. The van der Waals surface area contributed by atoms with Gasteiger partial charge in [-0.25, -0.2) is 4.99 Å². The van der Waals surface area contributed by atoms with E-state index in [1.807, 2.05) is 0 Å². The zero-order valence-corrected chi connectivity index (χ0v) is 20.8. The zero-order chi connectivity index (χ0) is 25.8. The number of rotatable bonds is 7. The number of methoxy groups -OCH3 is 3. The summed E-state index contributed by atoms with van der Waals surface area (Å²) in [6.45, 7) is 1.48. The molecule has 0 aliphatic rings. The van der Waals surface area contributed by atoms with Gasteiger partial charge in [0.15, 0.2) is 5.58 Å². The second kappa shape index (κ2) is 10.7. The predicted molar refractivity (Wildman–Crippen MR) is 135 cm³/mol. The predicted octanol–water partition coefficient (Wildman–Crippen LogP) is 4.79. The van der Waals surface area contributed by atoms with Gasteiger partial charge in [-0.15, -0.1) is 0 Å². The van der Waals surface area contributed by atoms with E-state index in [0.717, 1.165) is 0 Å². The van der Waals surface area contributed by atoms with Gasteiger partial charge in [-0.2, -0.15) is 0 Å². The van der Waals surface area contributed by atoms with Crippen molar-refractivity contribution < 1.29 is 28.5 Å². The lowest BCUT2D eigenvalue weighted by molar-refractivity contribution is 0.102. The van der Waals surface area contributed by atoms with Crippen LogP contribution in [-0.2, 0) is 6.61 Å². The molecule has 4 aromatic rings. The molecule has 9 nitrogen and oxygen atoms in total. The Kier molecular flexibility index (Phi) is 7.42. The number of anilines is 1. The van der Waals surface area contributed by atoms with E-state index >= 15 is 0 Å². The molecule has 36 heavy (non-hydrogen) atoms. The number of carbonyl (C=O) groups excluding carboxylic acids is 1. The van der Waals surface area contributed by atoms with Crippen LogP contribution < -0.4 is 25.1 Å². The molecular formula is C26H24ClN3O6. The summed E-state index contributed by atoms with van der Waals surface area (Å²) >= 11 is 6.13. The van der Waals surface area contributed by atoms with E-state index in [1.165, 1.54) is 21.3 Å². The van der Waals surface area contributed by atoms with Gasteiger partial charge in [-0.3, -0.25) is 9.78 Å². The molecule has 0 saturated heterocycles. The van der Waals surface area contributed by atoms with E-state index in [1.54, 1.807) is 55.6 Å². The summed E-state index contributed by atoms with van der Waals surface area (Å²) in [6.07, 6.45) is 1.54. The number of ether oxygens (including phenoxy) is 3. The van der Waals surface area contributed by atoms with Gasteiger partial charge < -0.3 is 29.1 Å². The molecule has 2 N–H and O–H groups in total. The molecular weight excluding hydrogens is 486 g/mol. The highest BCUT2D eigenvalue weighted by atomic mass is 35.5. The topological polar surface area (TPSA) is 115 Å². The minimum atomic E-state index is -0.520. The summed E-state index contributed by atoms with van der Waals surface area (Å²) in [4.78, 5) is 22.4. The van der Waals surface area contributed by atoms with Crippen LogP contribution in [0.15, 0.2) is 58.1 Å². The van der Waals surface area contributed by atoms with Crippen molar-refractivity contribution in [1.29, 1.82) is 0 Å². The van der Waals surface area contributed by atoms with E-state index in [4.69, 9.17) is 30.2 Å². The normalized spacial score (nSPS) is 11.4. The summed E-state index contributed by atoms with van der Waals surface area (Å²) < 4.78 is 22.1. The summed E-state index contributed by atoms with van der Waals surface area (Å²) in [6, 6.07) is 11.6. The average molecular weight is 510 g/mol. The number of hydrogen-bond donors (Lipinski definition) is 2. The molecule has 1 amide bonds. The van der Waals surface area contributed by atoms with Gasteiger partial charge in [0, 0.05) is 40.4 Å². The number of halogens is 1. The van der Waals surface area contributed by atoms with Crippen molar-refractivity contribution >= 4 is 39.9 Å². The number of aromatic nitrogens is 1. The number of carbonyl (C=O) groups is 1. The number of amides is 1. The Morgan fingerprint density at radius 2 is 1.81 bits per heavy atom. The third-order valence-corrected chi connectivity index (χ3v) is 5.68. The molecule has 0 bridgehead atoms. The quantitative estimate of drug-likeness (QED) is 0.368. The van der Waals surface area contributed by atoms with Crippen molar-refractivity contribution in [1.82, 2.24) is 4.98 Å². The molecule has 2 heterocycles. The highest BCUT2D eigenvalue weighted by Crippen LogP contribution is 2.30. The number of nitrogens with one attached hydrogen (secondary N) is 1. The SMILES string of the molecule is COc1cc(N=c2oc3c(C)ncc(CO)c3cc2C(=O)Nc2cc(Cl)ccc2OC)cc(OC)c1. The molecule has 2 aromatic carbocycles. The lowest BCUT2D eigenvalue weighted by atomic mass is 10.1. The zero-order valence-electron chi connectivity index (χ0n) is 20.1. The fraction of sp³-hybridized carbons (Fsp3) is 0.192. The van der Waals surface area contributed by atoms with Crippen LogP contribution in [0.25, 0.3) is 11.0 Å². The number of pyridine rings is 1. The fourth-order valence-corrected chi connectivity index (χ4v) is 3.77. The molecule has 0 atom stereocenters. The monoisotopic (exact) mass is 509 g/mol. The Labute approximate surface area is 211 Å². The number of aryl methyl sites for hydroxylation is 1. The van der Waals surface area contributed by atoms with Crippen LogP contribution in [0.1, 0.15) is 21.6 Å². The second-order valence-corrected chi connectivity index (χ2v) is 8.15. The van der Waals surface area contributed by atoms with Crippen LogP contribution in [0.4, 0.5) is 11.4 Å². The first-order valence-corrected chi connectivity index (χ1v) is 11.2. The number of aliphatic hydroxyl groups excluding tert-OH is 1. The molecule has 0 aliphatic heterocycles. The molecule has 186 valence electrons. The first-order valence-electron chi connectivity index (χ1n) is 10.8. The number of fused-ring (bicyclic) bond motifs is 1. The van der Waals surface area contributed by atoms with E-state index in [0.29, 0.717) is 55.9 Å². The van der Waals surface area contributed by atoms with Gasteiger partial charge in [0.25, 0.3) is 5.91 Å². The van der Waals surface area contributed by atoms with E-state index in [9.17, 15) is 9.90 Å². The van der Waals surface area contributed by atoms with E-state index in [-0.39, 0.29) is 17.7 Å². The molecule has 0 fully saturated rings. The van der Waals surface area contributed by atoms with E-state index < -0.39 is 5.91 Å². The summed E-state index contributed by atoms with van der Waals surface area (Å²) in [5.74, 6) is 0.943. The average Bonchev–Trinajstić information content (AvgIpc) is 2.88. The van der Waals surface area contributed by atoms with Crippen molar-refractivity contribution in [2.24, 2.45) is 4.99 Å². The number of nitrogens with zero attached hydrogens (tertiary/aromatic N) is 2. The van der Waals surface area contributed by atoms with Gasteiger partial charge in [-0.1, -0.05) is 11.6 Å². The molecule has 2 aromatic heterocycles. The Morgan fingerprint density at radius 1 is 1.08 bits per heavy atom. The Hall–Kier alpha value is -4.08. The van der Waals surface area contributed by atoms with Crippen molar-refractivity contribution in [3.63, 3.8) is 0 Å². The maximum atomic E-state index is 13.5. The fourth-order valence-electron chi connectivity index (χ4n) is 3.60. The van der Waals surface area contributed by atoms with Crippen LogP contribution in [-0.4, -0.2) is 37.3 Å². The number of hydrogen-bond acceptors (Lipinski definition) is 8. The summed E-state index contributed by atoms with van der Waals surface area (Å²) in [5.41, 5.74) is 2.42.